The Kier molecular flexibility index (Phi) is 2.77. The fourth-order valence-corrected chi connectivity index (χ4v) is 5.97. The molecule has 0 aliphatic heterocycles. The molecular formula is C29H18N2. The third-order valence-corrected chi connectivity index (χ3v) is 7.31. The van der Waals surface area contributed by atoms with Crippen LogP contribution < -0.4 is 0 Å². The Morgan fingerprint density at radius 2 is 1.42 bits per heavy atom. The minimum absolute atomic E-state index is 0.992. The van der Waals surface area contributed by atoms with Crippen molar-refractivity contribution in [3.63, 3.8) is 0 Å². The van der Waals surface area contributed by atoms with E-state index in [-0.39, 0.29) is 0 Å². The van der Waals surface area contributed by atoms with Crippen molar-refractivity contribution in [3.05, 3.63) is 107 Å². The van der Waals surface area contributed by atoms with E-state index >= 15 is 0 Å². The summed E-state index contributed by atoms with van der Waals surface area (Å²) in [6, 6.07) is 27.1. The first-order valence-electron chi connectivity index (χ1n) is 10.9. The highest BCUT2D eigenvalue weighted by molar-refractivity contribution is 6.16. The van der Waals surface area contributed by atoms with Crippen LogP contribution in [-0.2, 0) is 12.8 Å². The van der Waals surface area contributed by atoms with Crippen LogP contribution in [0.4, 0.5) is 0 Å². The first kappa shape index (κ1) is 15.9. The lowest BCUT2D eigenvalue weighted by Gasteiger charge is -2.14. The molecule has 0 saturated heterocycles. The summed E-state index contributed by atoms with van der Waals surface area (Å²) in [5, 5.41) is 3.96. The lowest BCUT2D eigenvalue weighted by molar-refractivity contribution is 1.24. The molecule has 2 aliphatic rings. The van der Waals surface area contributed by atoms with Crippen molar-refractivity contribution in [2.24, 2.45) is 0 Å². The van der Waals surface area contributed by atoms with Crippen molar-refractivity contribution < 1.29 is 0 Å². The summed E-state index contributed by atoms with van der Waals surface area (Å²) in [6.45, 7) is 0. The monoisotopic (exact) mass is 394 g/mol. The maximum Gasteiger partial charge on any atom is 0.145 e. The highest BCUT2D eigenvalue weighted by Crippen LogP contribution is 2.46. The molecule has 144 valence electrons. The third kappa shape index (κ3) is 1.91. The molecule has 2 nitrogen and oxygen atoms in total. The van der Waals surface area contributed by atoms with E-state index < -0.39 is 0 Å². The summed E-state index contributed by atoms with van der Waals surface area (Å²) < 4.78 is 2.27. The molecule has 2 aromatic heterocycles. The van der Waals surface area contributed by atoms with Gasteiger partial charge in [0.25, 0.3) is 0 Å². The van der Waals surface area contributed by atoms with Crippen molar-refractivity contribution in [3.8, 4) is 22.3 Å². The minimum atomic E-state index is 0.992. The Labute approximate surface area is 179 Å². The number of aromatic nitrogens is 2. The van der Waals surface area contributed by atoms with Crippen molar-refractivity contribution in [1.82, 2.24) is 9.38 Å². The lowest BCUT2D eigenvalue weighted by Crippen LogP contribution is -1.95. The molecule has 31 heavy (non-hydrogen) atoms. The van der Waals surface area contributed by atoms with Gasteiger partial charge in [-0.25, -0.2) is 4.98 Å². The van der Waals surface area contributed by atoms with Gasteiger partial charge in [-0.05, 0) is 80.9 Å². The number of rotatable bonds is 0. The van der Waals surface area contributed by atoms with E-state index in [9.17, 15) is 0 Å². The Morgan fingerprint density at radius 3 is 2.29 bits per heavy atom. The van der Waals surface area contributed by atoms with Crippen molar-refractivity contribution >= 4 is 27.3 Å². The van der Waals surface area contributed by atoms with Gasteiger partial charge in [-0.2, -0.15) is 0 Å². The molecule has 0 unspecified atom stereocenters. The molecule has 4 aromatic carbocycles. The van der Waals surface area contributed by atoms with Crippen LogP contribution in [0.15, 0.2) is 85.2 Å². The Balaban J connectivity index is 1.58. The minimum Gasteiger partial charge on any atom is -0.299 e. The molecule has 0 bridgehead atoms. The zero-order valence-electron chi connectivity index (χ0n) is 16.9. The van der Waals surface area contributed by atoms with Gasteiger partial charge in [0.2, 0.25) is 0 Å². The van der Waals surface area contributed by atoms with Gasteiger partial charge >= 0.3 is 0 Å². The molecule has 0 amide bonds. The van der Waals surface area contributed by atoms with Crippen LogP contribution in [0.1, 0.15) is 22.3 Å². The second-order valence-electron chi connectivity index (χ2n) is 8.83. The highest BCUT2D eigenvalue weighted by atomic mass is 15.0. The third-order valence-electron chi connectivity index (χ3n) is 7.31. The standard InChI is InChI=1S/C29H18N2/c1-4-8-21-17(5-1)13-19-15-26-25(16-23(19)21)28-24-14-18-6-2-3-7-20(18)22(24)9-10-27(28)31-12-11-30-29(26)31/h1-12,15-16H,13-14H2. The molecule has 0 fully saturated rings. The number of fused-ring (bicyclic) bond motifs is 13. The SMILES string of the molecule is c1ccc2c(c1)Cc1cc3c(cc1-2)c1c2c(ccc1n1ccnc31)-c1ccccc1C2. The topological polar surface area (TPSA) is 17.3 Å². The van der Waals surface area contributed by atoms with Gasteiger partial charge in [-0.1, -0.05) is 54.6 Å². The maximum atomic E-state index is 4.77. The number of pyridine rings is 1. The van der Waals surface area contributed by atoms with Gasteiger partial charge in [0.15, 0.2) is 0 Å². The van der Waals surface area contributed by atoms with Crippen LogP contribution in [0.3, 0.4) is 0 Å². The average molecular weight is 394 g/mol. The van der Waals surface area contributed by atoms with Gasteiger partial charge < -0.3 is 0 Å². The Hall–Kier alpha value is -3.91. The molecular weight excluding hydrogens is 376 g/mol. The molecule has 0 radical (unpaired) electrons. The summed E-state index contributed by atoms with van der Waals surface area (Å²) >= 11 is 0. The van der Waals surface area contributed by atoms with E-state index in [1.54, 1.807) is 0 Å². The zero-order valence-corrected chi connectivity index (χ0v) is 16.9. The van der Waals surface area contributed by atoms with Crippen LogP contribution in [0.25, 0.3) is 49.6 Å². The average Bonchev–Trinajstić information content (AvgIpc) is 3.52. The molecule has 8 rings (SSSR count). The number of imidazole rings is 1. The predicted molar refractivity (Wildman–Crippen MR) is 127 cm³/mol. The van der Waals surface area contributed by atoms with E-state index in [0.29, 0.717) is 0 Å². The Bertz CT molecular complexity index is 1730. The fourth-order valence-electron chi connectivity index (χ4n) is 5.97. The van der Waals surface area contributed by atoms with Crippen LogP contribution in [0.2, 0.25) is 0 Å². The number of hydrogen-bond donors (Lipinski definition) is 0. The van der Waals surface area contributed by atoms with E-state index in [0.717, 1.165) is 18.5 Å². The smallest absolute Gasteiger partial charge is 0.145 e. The molecule has 6 aromatic rings. The summed E-state index contributed by atoms with van der Waals surface area (Å²) in [5.41, 5.74) is 13.5. The molecule has 0 spiro atoms. The van der Waals surface area contributed by atoms with Gasteiger partial charge in [0.05, 0.1) is 5.52 Å². The second-order valence-corrected chi connectivity index (χ2v) is 8.83. The predicted octanol–water partition coefficient (Wildman–Crippen LogP) is 6.78. The molecule has 0 N–H and O–H groups in total. The first-order chi connectivity index (χ1) is 15.4. The normalized spacial score (nSPS) is 13.5. The summed E-state index contributed by atoms with van der Waals surface area (Å²) in [5.74, 6) is 0. The number of benzene rings is 4. The van der Waals surface area contributed by atoms with E-state index in [2.05, 4.69) is 83.4 Å². The van der Waals surface area contributed by atoms with Crippen molar-refractivity contribution in [2.45, 2.75) is 12.8 Å². The van der Waals surface area contributed by atoms with Crippen molar-refractivity contribution in [2.75, 3.05) is 0 Å². The van der Waals surface area contributed by atoms with Crippen LogP contribution in [-0.4, -0.2) is 9.38 Å². The van der Waals surface area contributed by atoms with Gasteiger partial charge in [0, 0.05) is 23.2 Å². The molecule has 2 heterocycles. The van der Waals surface area contributed by atoms with Gasteiger partial charge in [-0.3, -0.25) is 4.40 Å². The molecule has 0 atom stereocenters. The van der Waals surface area contributed by atoms with E-state index in [1.807, 2.05) is 6.20 Å². The van der Waals surface area contributed by atoms with Crippen LogP contribution in [0.5, 0.6) is 0 Å². The highest BCUT2D eigenvalue weighted by Gasteiger charge is 2.25. The summed E-state index contributed by atoms with van der Waals surface area (Å²) in [6.07, 6.45) is 6.03. The van der Waals surface area contributed by atoms with Gasteiger partial charge in [-0.15, -0.1) is 0 Å². The first-order valence-corrected chi connectivity index (χ1v) is 10.9. The lowest BCUT2D eigenvalue weighted by atomic mass is 9.94. The van der Waals surface area contributed by atoms with E-state index in [1.165, 1.54) is 66.2 Å². The summed E-state index contributed by atoms with van der Waals surface area (Å²) in [4.78, 5) is 4.77. The molecule has 2 heteroatoms. The second kappa shape index (κ2) is 5.41. The largest absolute Gasteiger partial charge is 0.299 e. The molecule has 2 aliphatic carbocycles. The van der Waals surface area contributed by atoms with Gasteiger partial charge in [0.1, 0.15) is 5.65 Å². The fraction of sp³-hybridized carbons (Fsp3) is 0.0690. The molecule has 0 saturated carbocycles. The number of nitrogens with zero attached hydrogens (tertiary/aromatic N) is 2. The zero-order chi connectivity index (χ0) is 20.1. The quantitative estimate of drug-likeness (QED) is 0.259. The van der Waals surface area contributed by atoms with Crippen LogP contribution in [0, 0.1) is 0 Å². The Morgan fingerprint density at radius 1 is 0.645 bits per heavy atom. The van der Waals surface area contributed by atoms with Crippen LogP contribution >= 0.6 is 0 Å². The van der Waals surface area contributed by atoms with E-state index in [4.69, 9.17) is 4.98 Å². The number of hydrogen-bond acceptors (Lipinski definition) is 1. The maximum absolute atomic E-state index is 4.77. The summed E-state index contributed by atoms with van der Waals surface area (Å²) in [7, 11) is 0. The van der Waals surface area contributed by atoms with Crippen molar-refractivity contribution in [1.29, 1.82) is 0 Å².